The van der Waals surface area contributed by atoms with E-state index in [0.717, 1.165) is 32.1 Å². The standard InChI is InChI=1S/C16H20N2O/c1-12(2)14-5-3-4-13-10-16(17-11-15(13)14)18-6-8-19-9-7-18/h3-5,10-12H,6-9H2,1-2H3. The van der Waals surface area contributed by atoms with Crippen molar-refractivity contribution in [1.82, 2.24) is 4.98 Å². The Kier molecular flexibility index (Phi) is 3.38. The highest BCUT2D eigenvalue weighted by Gasteiger charge is 2.13. The fourth-order valence-electron chi connectivity index (χ4n) is 2.65. The van der Waals surface area contributed by atoms with Crippen molar-refractivity contribution in [2.45, 2.75) is 19.8 Å². The first-order valence-corrected chi connectivity index (χ1v) is 6.97. The number of fused-ring (bicyclic) bond motifs is 1. The Hall–Kier alpha value is -1.61. The second kappa shape index (κ2) is 5.17. The highest BCUT2D eigenvalue weighted by molar-refractivity contribution is 5.87. The number of hydrogen-bond acceptors (Lipinski definition) is 3. The molecule has 0 bridgehead atoms. The molecule has 0 spiro atoms. The summed E-state index contributed by atoms with van der Waals surface area (Å²) in [4.78, 5) is 6.94. The molecule has 0 amide bonds. The first-order chi connectivity index (χ1) is 9.25. The number of aromatic nitrogens is 1. The van der Waals surface area contributed by atoms with E-state index in [4.69, 9.17) is 4.74 Å². The van der Waals surface area contributed by atoms with Gasteiger partial charge in [-0.1, -0.05) is 32.0 Å². The summed E-state index contributed by atoms with van der Waals surface area (Å²) in [6.45, 7) is 7.91. The summed E-state index contributed by atoms with van der Waals surface area (Å²) >= 11 is 0. The van der Waals surface area contributed by atoms with Crippen LogP contribution in [0.1, 0.15) is 25.3 Å². The molecule has 0 saturated carbocycles. The van der Waals surface area contributed by atoms with Crippen molar-refractivity contribution in [2.24, 2.45) is 0 Å². The number of ether oxygens (including phenoxy) is 1. The van der Waals surface area contributed by atoms with Crippen molar-refractivity contribution < 1.29 is 4.74 Å². The van der Waals surface area contributed by atoms with E-state index in [2.05, 4.69) is 48.0 Å². The molecule has 3 heteroatoms. The largest absolute Gasteiger partial charge is 0.378 e. The van der Waals surface area contributed by atoms with Crippen LogP contribution < -0.4 is 4.90 Å². The van der Waals surface area contributed by atoms with Gasteiger partial charge in [-0.3, -0.25) is 0 Å². The van der Waals surface area contributed by atoms with Crippen LogP contribution in [0.5, 0.6) is 0 Å². The molecule has 0 radical (unpaired) electrons. The summed E-state index contributed by atoms with van der Waals surface area (Å²) in [5, 5.41) is 2.55. The normalized spacial score (nSPS) is 16.3. The van der Waals surface area contributed by atoms with E-state index < -0.39 is 0 Å². The van der Waals surface area contributed by atoms with Gasteiger partial charge in [0.05, 0.1) is 13.2 Å². The Morgan fingerprint density at radius 3 is 2.74 bits per heavy atom. The van der Waals surface area contributed by atoms with Gasteiger partial charge in [-0.25, -0.2) is 4.98 Å². The Bertz CT molecular complexity index is 574. The van der Waals surface area contributed by atoms with E-state index in [1.165, 1.54) is 16.3 Å². The highest BCUT2D eigenvalue weighted by atomic mass is 16.5. The maximum absolute atomic E-state index is 5.39. The summed E-state index contributed by atoms with van der Waals surface area (Å²) < 4.78 is 5.39. The van der Waals surface area contributed by atoms with Gasteiger partial charge in [0.25, 0.3) is 0 Å². The van der Waals surface area contributed by atoms with Gasteiger partial charge in [-0.2, -0.15) is 0 Å². The Morgan fingerprint density at radius 2 is 2.00 bits per heavy atom. The van der Waals surface area contributed by atoms with Crippen LogP contribution in [-0.4, -0.2) is 31.3 Å². The van der Waals surface area contributed by atoms with Crippen molar-refractivity contribution >= 4 is 16.6 Å². The second-order valence-electron chi connectivity index (χ2n) is 5.36. The lowest BCUT2D eigenvalue weighted by atomic mass is 9.97. The molecule has 0 aliphatic carbocycles. The molecule has 1 aromatic heterocycles. The average Bonchev–Trinajstić information content (AvgIpc) is 2.47. The zero-order valence-electron chi connectivity index (χ0n) is 11.6. The molecule has 100 valence electrons. The van der Waals surface area contributed by atoms with Crippen LogP contribution in [0.2, 0.25) is 0 Å². The molecule has 1 aliphatic heterocycles. The predicted molar refractivity (Wildman–Crippen MR) is 78.9 cm³/mol. The zero-order valence-corrected chi connectivity index (χ0v) is 11.6. The number of anilines is 1. The zero-order chi connectivity index (χ0) is 13.2. The van der Waals surface area contributed by atoms with Gasteiger partial charge in [0, 0.05) is 24.7 Å². The first kappa shape index (κ1) is 12.4. The Balaban J connectivity index is 2.01. The highest BCUT2D eigenvalue weighted by Crippen LogP contribution is 2.27. The van der Waals surface area contributed by atoms with Crippen LogP contribution in [0.3, 0.4) is 0 Å². The Morgan fingerprint density at radius 1 is 1.21 bits per heavy atom. The van der Waals surface area contributed by atoms with Crippen molar-refractivity contribution in [2.75, 3.05) is 31.2 Å². The van der Waals surface area contributed by atoms with Crippen LogP contribution in [0.4, 0.5) is 5.82 Å². The lowest BCUT2D eigenvalue weighted by molar-refractivity contribution is 0.122. The third-order valence-corrected chi connectivity index (χ3v) is 3.74. The SMILES string of the molecule is CC(C)c1cccc2cc(N3CCOCC3)ncc12. The number of hydrogen-bond donors (Lipinski definition) is 0. The minimum Gasteiger partial charge on any atom is -0.378 e. The molecule has 0 unspecified atom stereocenters. The van der Waals surface area contributed by atoms with Gasteiger partial charge in [-0.05, 0) is 22.9 Å². The van der Waals surface area contributed by atoms with Crippen LogP contribution in [0.15, 0.2) is 30.5 Å². The van der Waals surface area contributed by atoms with Crippen molar-refractivity contribution in [3.05, 3.63) is 36.0 Å². The quantitative estimate of drug-likeness (QED) is 0.825. The van der Waals surface area contributed by atoms with Crippen LogP contribution in [0.25, 0.3) is 10.8 Å². The number of morpholine rings is 1. The van der Waals surface area contributed by atoms with E-state index in [0.29, 0.717) is 5.92 Å². The molecule has 1 fully saturated rings. The number of benzene rings is 1. The summed E-state index contributed by atoms with van der Waals surface area (Å²) in [5.74, 6) is 1.59. The monoisotopic (exact) mass is 256 g/mol. The summed E-state index contributed by atoms with van der Waals surface area (Å²) in [7, 11) is 0. The average molecular weight is 256 g/mol. The molecule has 1 saturated heterocycles. The van der Waals surface area contributed by atoms with Gasteiger partial charge in [-0.15, -0.1) is 0 Å². The lowest BCUT2D eigenvalue weighted by Crippen LogP contribution is -2.36. The molecule has 0 atom stereocenters. The van der Waals surface area contributed by atoms with Gasteiger partial charge in [0.2, 0.25) is 0 Å². The Labute approximate surface area is 114 Å². The molecule has 2 heterocycles. The predicted octanol–water partition coefficient (Wildman–Crippen LogP) is 3.19. The topological polar surface area (TPSA) is 25.4 Å². The maximum Gasteiger partial charge on any atom is 0.129 e. The molecule has 3 rings (SSSR count). The lowest BCUT2D eigenvalue weighted by Gasteiger charge is -2.28. The van der Waals surface area contributed by atoms with Crippen LogP contribution >= 0.6 is 0 Å². The maximum atomic E-state index is 5.39. The molecule has 19 heavy (non-hydrogen) atoms. The van der Waals surface area contributed by atoms with Crippen LogP contribution in [0, 0.1) is 0 Å². The van der Waals surface area contributed by atoms with E-state index in [9.17, 15) is 0 Å². The molecule has 2 aromatic rings. The molecular formula is C16H20N2O. The van der Waals surface area contributed by atoms with Gasteiger partial charge in [0.1, 0.15) is 5.82 Å². The fraction of sp³-hybridized carbons (Fsp3) is 0.438. The fourth-order valence-corrected chi connectivity index (χ4v) is 2.65. The number of pyridine rings is 1. The molecule has 3 nitrogen and oxygen atoms in total. The van der Waals surface area contributed by atoms with E-state index in [1.807, 2.05) is 6.20 Å². The van der Waals surface area contributed by atoms with E-state index in [1.54, 1.807) is 0 Å². The third-order valence-electron chi connectivity index (χ3n) is 3.74. The minimum atomic E-state index is 0.528. The van der Waals surface area contributed by atoms with Crippen molar-refractivity contribution in [1.29, 1.82) is 0 Å². The van der Waals surface area contributed by atoms with Gasteiger partial charge >= 0.3 is 0 Å². The summed E-state index contributed by atoms with van der Waals surface area (Å²) in [6.07, 6.45) is 2.02. The second-order valence-corrected chi connectivity index (χ2v) is 5.36. The smallest absolute Gasteiger partial charge is 0.129 e. The number of nitrogens with zero attached hydrogens (tertiary/aromatic N) is 2. The molecule has 1 aliphatic rings. The molecule has 1 aromatic carbocycles. The van der Waals surface area contributed by atoms with E-state index >= 15 is 0 Å². The summed E-state index contributed by atoms with van der Waals surface area (Å²) in [5.41, 5.74) is 1.37. The van der Waals surface area contributed by atoms with Crippen molar-refractivity contribution in [3.8, 4) is 0 Å². The van der Waals surface area contributed by atoms with Gasteiger partial charge in [0.15, 0.2) is 0 Å². The summed E-state index contributed by atoms with van der Waals surface area (Å²) in [6, 6.07) is 8.71. The molecule has 0 N–H and O–H groups in total. The molecular weight excluding hydrogens is 236 g/mol. The number of rotatable bonds is 2. The van der Waals surface area contributed by atoms with Gasteiger partial charge < -0.3 is 9.64 Å². The van der Waals surface area contributed by atoms with Crippen LogP contribution in [-0.2, 0) is 4.74 Å². The van der Waals surface area contributed by atoms with Crippen molar-refractivity contribution in [3.63, 3.8) is 0 Å². The third kappa shape index (κ3) is 2.43. The minimum absolute atomic E-state index is 0.528. The first-order valence-electron chi connectivity index (χ1n) is 6.97. The van der Waals surface area contributed by atoms with E-state index in [-0.39, 0.29) is 0 Å².